The summed E-state index contributed by atoms with van der Waals surface area (Å²) in [5.41, 5.74) is 0.363. The Balaban J connectivity index is 2.52. The van der Waals surface area contributed by atoms with E-state index in [4.69, 9.17) is 0 Å². The van der Waals surface area contributed by atoms with Crippen molar-refractivity contribution >= 4 is 22.6 Å². The summed E-state index contributed by atoms with van der Waals surface area (Å²) < 4.78 is 1.21. The van der Waals surface area contributed by atoms with E-state index in [9.17, 15) is 5.11 Å². The second-order valence-electron chi connectivity index (χ2n) is 4.59. The zero-order chi connectivity index (χ0) is 12.0. The van der Waals surface area contributed by atoms with E-state index in [1.165, 1.54) is 22.8 Å². The van der Waals surface area contributed by atoms with Gasteiger partial charge in [-0.25, -0.2) is 0 Å². The van der Waals surface area contributed by atoms with Gasteiger partial charge in [0.25, 0.3) is 0 Å². The van der Waals surface area contributed by atoms with Gasteiger partial charge in [-0.15, -0.1) is 0 Å². The molecule has 0 aliphatic heterocycles. The van der Waals surface area contributed by atoms with Gasteiger partial charge in [0.05, 0.1) is 5.60 Å². The lowest BCUT2D eigenvalue weighted by molar-refractivity contribution is 0.0448. The Morgan fingerprint density at radius 3 is 2.31 bits per heavy atom. The lowest BCUT2D eigenvalue weighted by Gasteiger charge is -2.24. The molecule has 0 amide bonds. The normalized spacial score (nSPS) is 14.8. The van der Waals surface area contributed by atoms with Crippen LogP contribution in [0.4, 0.5) is 0 Å². The summed E-state index contributed by atoms with van der Waals surface area (Å²) in [4.78, 5) is 0. The van der Waals surface area contributed by atoms with Crippen LogP contribution in [0.5, 0.6) is 0 Å². The Kier molecular flexibility index (Phi) is 5.76. The predicted molar refractivity (Wildman–Crippen MR) is 77.5 cm³/mol. The molecule has 2 heteroatoms. The van der Waals surface area contributed by atoms with Crippen LogP contribution in [0.1, 0.15) is 51.5 Å². The molecule has 90 valence electrons. The molecule has 16 heavy (non-hydrogen) atoms. The highest BCUT2D eigenvalue weighted by Crippen LogP contribution is 2.27. The van der Waals surface area contributed by atoms with Crippen molar-refractivity contribution in [3.63, 3.8) is 0 Å². The molecule has 0 spiro atoms. The van der Waals surface area contributed by atoms with Gasteiger partial charge in [-0.05, 0) is 53.6 Å². The first-order chi connectivity index (χ1) is 7.56. The van der Waals surface area contributed by atoms with Crippen LogP contribution in [0, 0.1) is 3.57 Å². The lowest BCUT2D eigenvalue weighted by atomic mass is 9.90. The number of unbranched alkanes of at least 4 members (excludes halogenated alkanes) is 3. The van der Waals surface area contributed by atoms with Crippen molar-refractivity contribution < 1.29 is 5.11 Å². The highest BCUT2D eigenvalue weighted by atomic mass is 127. The van der Waals surface area contributed by atoms with E-state index < -0.39 is 5.60 Å². The van der Waals surface area contributed by atoms with Crippen molar-refractivity contribution in [3.05, 3.63) is 33.4 Å². The van der Waals surface area contributed by atoms with Crippen molar-refractivity contribution in [2.75, 3.05) is 0 Å². The highest BCUT2D eigenvalue weighted by molar-refractivity contribution is 14.1. The van der Waals surface area contributed by atoms with E-state index in [1.807, 2.05) is 19.1 Å². The predicted octanol–water partition coefficient (Wildman–Crippen LogP) is 4.47. The molecule has 1 aromatic rings. The maximum atomic E-state index is 10.4. The van der Waals surface area contributed by atoms with Crippen LogP contribution >= 0.6 is 22.6 Å². The molecule has 1 rings (SSSR count). The molecular weight excluding hydrogens is 311 g/mol. The molecule has 0 heterocycles. The largest absolute Gasteiger partial charge is 0.385 e. The highest BCUT2D eigenvalue weighted by Gasteiger charge is 2.21. The van der Waals surface area contributed by atoms with Crippen LogP contribution in [-0.4, -0.2) is 5.11 Å². The number of hydrogen-bond acceptors (Lipinski definition) is 1. The van der Waals surface area contributed by atoms with Crippen molar-refractivity contribution in [1.82, 2.24) is 0 Å². The summed E-state index contributed by atoms with van der Waals surface area (Å²) >= 11 is 2.28. The zero-order valence-corrected chi connectivity index (χ0v) is 12.3. The van der Waals surface area contributed by atoms with Crippen LogP contribution < -0.4 is 0 Å². The summed E-state index contributed by atoms with van der Waals surface area (Å²) in [6.07, 6.45) is 5.69. The Bertz CT molecular complexity index is 303. The molecule has 0 saturated heterocycles. The minimum Gasteiger partial charge on any atom is -0.385 e. The Morgan fingerprint density at radius 1 is 1.12 bits per heavy atom. The zero-order valence-electron chi connectivity index (χ0n) is 10.2. The average molecular weight is 332 g/mol. The quantitative estimate of drug-likeness (QED) is 0.602. The molecule has 1 atom stereocenters. The first-order valence-corrected chi connectivity index (χ1v) is 7.12. The molecule has 1 nitrogen and oxygen atoms in total. The molecule has 0 bridgehead atoms. The fourth-order valence-electron chi connectivity index (χ4n) is 1.85. The number of rotatable bonds is 6. The number of aliphatic hydroxyl groups is 1. The second kappa shape index (κ2) is 6.60. The van der Waals surface area contributed by atoms with Gasteiger partial charge in [-0.3, -0.25) is 0 Å². The average Bonchev–Trinajstić information content (AvgIpc) is 2.25. The van der Waals surface area contributed by atoms with E-state index in [-0.39, 0.29) is 0 Å². The van der Waals surface area contributed by atoms with Crippen LogP contribution in [-0.2, 0) is 5.60 Å². The molecular formula is C14H21IO. The third kappa shape index (κ3) is 4.42. The van der Waals surface area contributed by atoms with Gasteiger partial charge >= 0.3 is 0 Å². The molecule has 0 radical (unpaired) electrons. The minimum absolute atomic E-state index is 0.669. The maximum Gasteiger partial charge on any atom is 0.0868 e. The summed E-state index contributed by atoms with van der Waals surface area (Å²) in [6, 6.07) is 8.16. The summed E-state index contributed by atoms with van der Waals surface area (Å²) in [5, 5.41) is 10.4. The van der Waals surface area contributed by atoms with Gasteiger partial charge in [-0.1, -0.05) is 44.7 Å². The van der Waals surface area contributed by atoms with E-state index in [1.54, 1.807) is 0 Å². The van der Waals surface area contributed by atoms with Crippen LogP contribution in [0.2, 0.25) is 0 Å². The number of benzene rings is 1. The first-order valence-electron chi connectivity index (χ1n) is 6.04. The fraction of sp³-hybridized carbons (Fsp3) is 0.571. The molecule has 0 aliphatic rings. The maximum absolute atomic E-state index is 10.4. The molecule has 1 aromatic carbocycles. The number of hydrogen-bond donors (Lipinski definition) is 1. The molecule has 0 aromatic heterocycles. The Labute approximate surface area is 112 Å². The second-order valence-corrected chi connectivity index (χ2v) is 5.84. The van der Waals surface area contributed by atoms with Gasteiger partial charge in [0.1, 0.15) is 0 Å². The Morgan fingerprint density at radius 2 is 1.75 bits per heavy atom. The van der Waals surface area contributed by atoms with Crippen molar-refractivity contribution in [3.8, 4) is 0 Å². The SMILES string of the molecule is CCCCCCC(C)(O)c1ccc(I)cc1. The van der Waals surface area contributed by atoms with Crippen molar-refractivity contribution in [2.24, 2.45) is 0 Å². The van der Waals surface area contributed by atoms with E-state index in [2.05, 4.69) is 41.6 Å². The molecule has 0 aliphatic carbocycles. The van der Waals surface area contributed by atoms with Crippen LogP contribution in [0.3, 0.4) is 0 Å². The van der Waals surface area contributed by atoms with Crippen molar-refractivity contribution in [1.29, 1.82) is 0 Å². The van der Waals surface area contributed by atoms with Gasteiger partial charge in [-0.2, -0.15) is 0 Å². The van der Waals surface area contributed by atoms with Gasteiger partial charge in [0, 0.05) is 3.57 Å². The standard InChI is InChI=1S/C14H21IO/c1-3-4-5-6-11-14(2,16)12-7-9-13(15)10-8-12/h7-10,16H,3-6,11H2,1-2H3. The third-order valence-electron chi connectivity index (χ3n) is 2.98. The van der Waals surface area contributed by atoms with E-state index >= 15 is 0 Å². The molecule has 1 unspecified atom stereocenters. The van der Waals surface area contributed by atoms with Crippen LogP contribution in [0.25, 0.3) is 0 Å². The minimum atomic E-state index is -0.669. The van der Waals surface area contributed by atoms with Crippen LogP contribution in [0.15, 0.2) is 24.3 Å². The number of halogens is 1. The van der Waals surface area contributed by atoms with E-state index in [0.717, 1.165) is 18.4 Å². The monoisotopic (exact) mass is 332 g/mol. The van der Waals surface area contributed by atoms with Gasteiger partial charge in [0.15, 0.2) is 0 Å². The molecule has 1 N–H and O–H groups in total. The molecule has 0 saturated carbocycles. The molecule has 0 fully saturated rings. The fourth-order valence-corrected chi connectivity index (χ4v) is 2.21. The van der Waals surface area contributed by atoms with Crippen molar-refractivity contribution in [2.45, 2.75) is 51.6 Å². The Hall–Kier alpha value is -0.0900. The lowest BCUT2D eigenvalue weighted by Crippen LogP contribution is -2.20. The third-order valence-corrected chi connectivity index (χ3v) is 3.70. The summed E-state index contributed by atoms with van der Waals surface area (Å²) in [6.45, 7) is 4.12. The summed E-state index contributed by atoms with van der Waals surface area (Å²) in [5.74, 6) is 0. The van der Waals surface area contributed by atoms with E-state index in [0.29, 0.717) is 0 Å². The smallest absolute Gasteiger partial charge is 0.0868 e. The summed E-state index contributed by atoms with van der Waals surface area (Å²) in [7, 11) is 0. The van der Waals surface area contributed by atoms with Gasteiger partial charge < -0.3 is 5.11 Å². The first kappa shape index (κ1) is 14.0. The topological polar surface area (TPSA) is 20.2 Å². The van der Waals surface area contributed by atoms with Gasteiger partial charge in [0.2, 0.25) is 0 Å².